The Labute approximate surface area is 163 Å². The van der Waals surface area contributed by atoms with Crippen molar-refractivity contribution in [1.29, 1.82) is 0 Å². The van der Waals surface area contributed by atoms with E-state index in [4.69, 9.17) is 0 Å². The Bertz CT molecular complexity index is 794. The number of nitrogens with zero attached hydrogens (tertiary/aromatic N) is 2. The largest absolute Gasteiger partial charge is 0.337 e. The molecular weight excluding hydrogens is 362 g/mol. The summed E-state index contributed by atoms with van der Waals surface area (Å²) < 4.78 is 27.9. The number of hydrogen-bond acceptors (Lipinski definition) is 4. The molecule has 2 aliphatic heterocycles. The second-order valence-corrected chi connectivity index (χ2v) is 9.71. The first kappa shape index (κ1) is 20.3. The maximum Gasteiger partial charge on any atom is 0.254 e. The van der Waals surface area contributed by atoms with Gasteiger partial charge in [0.25, 0.3) is 5.91 Å². The van der Waals surface area contributed by atoms with Crippen LogP contribution in [0.2, 0.25) is 0 Å². The highest BCUT2D eigenvalue weighted by molar-refractivity contribution is 7.89. The van der Waals surface area contributed by atoms with E-state index < -0.39 is 10.0 Å². The third-order valence-corrected chi connectivity index (χ3v) is 7.91. The molecule has 0 bridgehead atoms. The van der Waals surface area contributed by atoms with Gasteiger partial charge in [-0.1, -0.05) is 12.5 Å². The molecule has 0 radical (unpaired) electrons. The van der Waals surface area contributed by atoms with Gasteiger partial charge in [-0.15, -0.1) is 0 Å². The molecule has 6 nitrogen and oxygen atoms in total. The molecule has 2 fully saturated rings. The Hall–Kier alpha value is -1.44. The summed E-state index contributed by atoms with van der Waals surface area (Å²) in [6.45, 7) is 5.76. The topological polar surface area (TPSA) is 69.7 Å². The van der Waals surface area contributed by atoms with Crippen molar-refractivity contribution in [2.45, 2.75) is 62.9 Å². The van der Waals surface area contributed by atoms with Gasteiger partial charge in [-0.25, -0.2) is 8.42 Å². The zero-order chi connectivity index (χ0) is 19.6. The van der Waals surface area contributed by atoms with Gasteiger partial charge in [-0.05, 0) is 64.3 Å². The minimum atomic E-state index is -3.58. The van der Waals surface area contributed by atoms with Crippen molar-refractivity contribution < 1.29 is 13.2 Å². The Morgan fingerprint density at radius 2 is 1.93 bits per heavy atom. The lowest BCUT2D eigenvalue weighted by atomic mass is 10.0. The van der Waals surface area contributed by atoms with Gasteiger partial charge in [-0.2, -0.15) is 4.31 Å². The Morgan fingerprint density at radius 3 is 2.63 bits per heavy atom. The molecular formula is C20H31N3O3S. The summed E-state index contributed by atoms with van der Waals surface area (Å²) >= 11 is 0. The third-order valence-electron chi connectivity index (χ3n) is 5.90. The minimum Gasteiger partial charge on any atom is -0.337 e. The van der Waals surface area contributed by atoms with Crippen LogP contribution in [0.5, 0.6) is 0 Å². The van der Waals surface area contributed by atoms with Crippen molar-refractivity contribution in [1.82, 2.24) is 14.5 Å². The van der Waals surface area contributed by atoms with E-state index in [0.717, 1.165) is 44.2 Å². The van der Waals surface area contributed by atoms with Gasteiger partial charge in [-0.3, -0.25) is 4.79 Å². The van der Waals surface area contributed by atoms with Crippen molar-refractivity contribution >= 4 is 15.9 Å². The number of carbonyl (C=O) groups is 1. The van der Waals surface area contributed by atoms with Crippen LogP contribution in [0.25, 0.3) is 0 Å². The van der Waals surface area contributed by atoms with Gasteiger partial charge < -0.3 is 10.2 Å². The normalized spacial score (nSPS) is 24.8. The molecule has 27 heavy (non-hydrogen) atoms. The van der Waals surface area contributed by atoms with Crippen molar-refractivity contribution in [2.24, 2.45) is 0 Å². The quantitative estimate of drug-likeness (QED) is 0.853. The molecule has 1 aromatic rings. The highest BCUT2D eigenvalue weighted by atomic mass is 32.2. The van der Waals surface area contributed by atoms with Crippen LogP contribution < -0.4 is 5.32 Å². The molecule has 1 N–H and O–H groups in total. The number of amides is 1. The summed E-state index contributed by atoms with van der Waals surface area (Å²) in [4.78, 5) is 15.2. The molecule has 1 amide bonds. The highest BCUT2D eigenvalue weighted by Crippen LogP contribution is 2.27. The lowest BCUT2D eigenvalue weighted by Crippen LogP contribution is -2.47. The second kappa shape index (κ2) is 8.29. The summed E-state index contributed by atoms with van der Waals surface area (Å²) in [6, 6.07) is 5.27. The molecule has 2 atom stereocenters. The minimum absolute atomic E-state index is 0.00249. The Kier molecular flexibility index (Phi) is 6.23. The van der Waals surface area contributed by atoms with Crippen LogP contribution in [0.15, 0.2) is 23.1 Å². The SMILES string of the molecule is CNC1CCCN(C(=O)c2cc(S(=O)(=O)N3CCCCC3C)ccc2C)C1. The van der Waals surface area contributed by atoms with E-state index in [1.807, 2.05) is 25.8 Å². The van der Waals surface area contributed by atoms with Gasteiger partial charge >= 0.3 is 0 Å². The maximum absolute atomic E-state index is 13.1. The van der Waals surface area contributed by atoms with E-state index in [2.05, 4.69) is 5.32 Å². The van der Waals surface area contributed by atoms with Crippen LogP contribution in [0.4, 0.5) is 0 Å². The van der Waals surface area contributed by atoms with Crippen molar-refractivity contribution in [3.63, 3.8) is 0 Å². The van der Waals surface area contributed by atoms with Gasteiger partial charge in [0.1, 0.15) is 0 Å². The molecule has 2 aliphatic rings. The van der Waals surface area contributed by atoms with Crippen molar-refractivity contribution in [3.05, 3.63) is 29.3 Å². The summed E-state index contributed by atoms with van der Waals surface area (Å²) in [7, 11) is -1.67. The molecule has 2 unspecified atom stereocenters. The molecule has 0 saturated carbocycles. The fourth-order valence-corrected chi connectivity index (χ4v) is 5.85. The van der Waals surface area contributed by atoms with E-state index in [-0.39, 0.29) is 16.8 Å². The number of carbonyl (C=O) groups excluding carboxylic acids is 1. The molecule has 0 aromatic heterocycles. The number of benzene rings is 1. The molecule has 0 aliphatic carbocycles. The van der Waals surface area contributed by atoms with E-state index in [1.165, 1.54) is 0 Å². The summed E-state index contributed by atoms with van der Waals surface area (Å²) in [5, 5.41) is 3.24. The number of sulfonamides is 1. The molecule has 7 heteroatoms. The fourth-order valence-electron chi connectivity index (χ4n) is 4.12. The Morgan fingerprint density at radius 1 is 1.15 bits per heavy atom. The number of likely N-dealkylation sites (tertiary alicyclic amines) is 1. The maximum atomic E-state index is 13.1. The van der Waals surface area contributed by atoms with Crippen LogP contribution in [-0.4, -0.2) is 62.3 Å². The van der Waals surface area contributed by atoms with Gasteiger partial charge in [0.05, 0.1) is 4.90 Å². The van der Waals surface area contributed by atoms with Gasteiger partial charge in [0, 0.05) is 37.3 Å². The zero-order valence-electron chi connectivity index (χ0n) is 16.6. The smallest absolute Gasteiger partial charge is 0.254 e. The number of nitrogens with one attached hydrogen (secondary N) is 1. The predicted molar refractivity (Wildman–Crippen MR) is 106 cm³/mol. The van der Waals surface area contributed by atoms with E-state index in [9.17, 15) is 13.2 Å². The zero-order valence-corrected chi connectivity index (χ0v) is 17.4. The van der Waals surface area contributed by atoms with E-state index in [1.54, 1.807) is 22.5 Å². The van der Waals surface area contributed by atoms with Crippen LogP contribution in [-0.2, 0) is 10.0 Å². The fraction of sp³-hybridized carbons (Fsp3) is 0.650. The summed E-state index contributed by atoms with van der Waals surface area (Å²) in [6.07, 6.45) is 4.85. The monoisotopic (exact) mass is 393 g/mol. The van der Waals surface area contributed by atoms with Gasteiger partial charge in [0.15, 0.2) is 0 Å². The van der Waals surface area contributed by atoms with Crippen LogP contribution in [0.3, 0.4) is 0 Å². The average molecular weight is 394 g/mol. The number of likely N-dealkylation sites (N-methyl/N-ethyl adjacent to an activating group) is 1. The number of rotatable bonds is 4. The van der Waals surface area contributed by atoms with E-state index >= 15 is 0 Å². The first-order chi connectivity index (χ1) is 12.8. The Balaban J connectivity index is 1.89. The summed E-state index contributed by atoms with van der Waals surface area (Å²) in [5.41, 5.74) is 1.31. The lowest BCUT2D eigenvalue weighted by Gasteiger charge is -2.33. The molecule has 150 valence electrons. The number of hydrogen-bond donors (Lipinski definition) is 1. The molecule has 1 aromatic carbocycles. The first-order valence-electron chi connectivity index (χ1n) is 9.93. The van der Waals surface area contributed by atoms with Crippen LogP contribution in [0, 0.1) is 6.92 Å². The van der Waals surface area contributed by atoms with Crippen LogP contribution >= 0.6 is 0 Å². The standard InChI is InChI=1S/C20H31N3O3S/c1-15-9-10-18(27(25,26)23-12-5-4-7-16(23)2)13-19(15)20(24)22-11-6-8-17(14-22)21-3/h9-10,13,16-17,21H,4-8,11-12,14H2,1-3H3. The molecule has 3 rings (SSSR count). The third kappa shape index (κ3) is 4.20. The van der Waals surface area contributed by atoms with Crippen molar-refractivity contribution in [2.75, 3.05) is 26.7 Å². The van der Waals surface area contributed by atoms with Crippen molar-refractivity contribution in [3.8, 4) is 0 Å². The molecule has 2 heterocycles. The van der Waals surface area contributed by atoms with Gasteiger partial charge in [0.2, 0.25) is 10.0 Å². The number of aryl methyl sites for hydroxylation is 1. The van der Waals surface area contributed by atoms with E-state index in [0.29, 0.717) is 24.7 Å². The predicted octanol–water partition coefficient (Wildman–Crippen LogP) is 2.38. The highest BCUT2D eigenvalue weighted by Gasteiger charge is 2.32. The average Bonchev–Trinajstić information content (AvgIpc) is 2.68. The second-order valence-electron chi connectivity index (χ2n) is 7.82. The molecule has 2 saturated heterocycles. The molecule has 0 spiro atoms. The lowest BCUT2D eigenvalue weighted by molar-refractivity contribution is 0.0697. The first-order valence-corrected chi connectivity index (χ1v) is 11.4. The number of piperidine rings is 2. The van der Waals surface area contributed by atoms with Crippen LogP contribution in [0.1, 0.15) is 54.9 Å². The summed E-state index contributed by atoms with van der Waals surface area (Å²) in [5.74, 6) is -0.0730.